The molecule has 0 unspecified atom stereocenters. The molecule has 1 aromatic heterocycles. The minimum Gasteiger partial charge on any atom is -0.341 e. The monoisotopic (exact) mass is 495 g/mol. The van der Waals surface area contributed by atoms with Crippen LogP contribution in [0, 0.1) is 5.92 Å². The fourth-order valence-electron chi connectivity index (χ4n) is 7.01. The van der Waals surface area contributed by atoms with E-state index in [0.717, 1.165) is 42.2 Å². The number of benzene rings is 4. The molecule has 0 radical (unpaired) electrons. The van der Waals surface area contributed by atoms with Crippen molar-refractivity contribution in [1.29, 1.82) is 0 Å². The molecule has 1 saturated carbocycles. The molecule has 0 amide bonds. The molecule has 38 heavy (non-hydrogen) atoms. The van der Waals surface area contributed by atoms with Crippen molar-refractivity contribution < 1.29 is 0 Å². The van der Waals surface area contributed by atoms with E-state index in [0.29, 0.717) is 6.04 Å². The van der Waals surface area contributed by atoms with Crippen LogP contribution in [-0.2, 0) is 6.42 Å². The Labute approximate surface area is 224 Å². The second-order valence-corrected chi connectivity index (χ2v) is 11.6. The van der Waals surface area contributed by atoms with Gasteiger partial charge in [0.1, 0.15) is 5.82 Å². The molecule has 0 spiro atoms. The van der Waals surface area contributed by atoms with Gasteiger partial charge in [-0.05, 0) is 113 Å². The van der Waals surface area contributed by atoms with Crippen LogP contribution in [0.1, 0.15) is 61.5 Å². The van der Waals surface area contributed by atoms with Gasteiger partial charge >= 0.3 is 0 Å². The first-order chi connectivity index (χ1) is 18.8. The molecule has 2 N–H and O–H groups in total. The average Bonchev–Trinajstić information content (AvgIpc) is 3.77. The molecule has 0 bridgehead atoms. The van der Waals surface area contributed by atoms with Crippen molar-refractivity contribution in [3.8, 4) is 22.3 Å². The molecule has 2 heterocycles. The number of aromatic nitrogens is 2. The van der Waals surface area contributed by atoms with Crippen LogP contribution in [-0.4, -0.2) is 16.5 Å². The van der Waals surface area contributed by atoms with Crippen molar-refractivity contribution in [3.05, 3.63) is 95.3 Å². The highest BCUT2D eigenvalue weighted by Gasteiger charge is 2.24. The summed E-state index contributed by atoms with van der Waals surface area (Å²) in [5, 5.41) is 6.11. The van der Waals surface area contributed by atoms with E-state index in [1.165, 1.54) is 76.3 Å². The summed E-state index contributed by atoms with van der Waals surface area (Å²) in [6.45, 7) is 1.08. The van der Waals surface area contributed by atoms with Crippen molar-refractivity contribution in [2.24, 2.45) is 5.92 Å². The van der Waals surface area contributed by atoms with Crippen molar-refractivity contribution in [2.75, 3.05) is 6.54 Å². The van der Waals surface area contributed by atoms with Crippen LogP contribution < -0.4 is 5.32 Å². The number of imidazole rings is 1. The Hall–Kier alpha value is -3.69. The summed E-state index contributed by atoms with van der Waals surface area (Å²) in [5.74, 6) is 1.89. The lowest BCUT2D eigenvalue weighted by molar-refractivity contribution is 0.614. The first-order valence-electron chi connectivity index (χ1n) is 14.4. The van der Waals surface area contributed by atoms with Gasteiger partial charge in [0.2, 0.25) is 0 Å². The van der Waals surface area contributed by atoms with Crippen LogP contribution in [0.2, 0.25) is 0 Å². The summed E-state index contributed by atoms with van der Waals surface area (Å²) in [7, 11) is 0. The van der Waals surface area contributed by atoms with Crippen molar-refractivity contribution in [1.82, 2.24) is 15.3 Å². The quantitative estimate of drug-likeness (QED) is 0.262. The number of hydrogen-bond acceptors (Lipinski definition) is 2. The Morgan fingerprint density at radius 2 is 1.39 bits per heavy atom. The summed E-state index contributed by atoms with van der Waals surface area (Å²) < 4.78 is 0. The first-order valence-corrected chi connectivity index (χ1v) is 14.4. The van der Waals surface area contributed by atoms with Crippen molar-refractivity contribution in [2.45, 2.75) is 51.0 Å². The second-order valence-electron chi connectivity index (χ2n) is 11.6. The predicted molar refractivity (Wildman–Crippen MR) is 158 cm³/mol. The van der Waals surface area contributed by atoms with E-state index in [1.807, 2.05) is 0 Å². The van der Waals surface area contributed by atoms with Crippen LogP contribution in [0.5, 0.6) is 0 Å². The van der Waals surface area contributed by atoms with Crippen molar-refractivity contribution in [3.63, 3.8) is 0 Å². The van der Waals surface area contributed by atoms with Gasteiger partial charge in [-0.25, -0.2) is 4.98 Å². The summed E-state index contributed by atoms with van der Waals surface area (Å²) >= 11 is 0. The molecular formula is C35H33N3. The van der Waals surface area contributed by atoms with Gasteiger partial charge in [-0.1, -0.05) is 73.0 Å². The van der Waals surface area contributed by atoms with E-state index in [9.17, 15) is 0 Å². The molecule has 8 rings (SSSR count). The highest BCUT2D eigenvalue weighted by molar-refractivity contribution is 5.92. The minimum absolute atomic E-state index is 0.358. The van der Waals surface area contributed by atoms with Gasteiger partial charge in [-0.3, -0.25) is 0 Å². The zero-order valence-electron chi connectivity index (χ0n) is 21.8. The maximum Gasteiger partial charge on any atom is 0.124 e. The summed E-state index contributed by atoms with van der Waals surface area (Å²) in [4.78, 5) is 8.41. The number of rotatable bonds is 4. The molecule has 188 valence electrons. The number of H-pyrrole nitrogens is 1. The average molecular weight is 496 g/mol. The van der Waals surface area contributed by atoms with E-state index < -0.39 is 0 Å². The number of allylic oxidation sites excluding steroid dienone is 1. The molecule has 1 atom stereocenters. The van der Waals surface area contributed by atoms with Crippen LogP contribution in [0.4, 0.5) is 0 Å². The molecule has 1 aliphatic heterocycles. The number of fused-ring (bicyclic) bond motifs is 3. The van der Waals surface area contributed by atoms with Gasteiger partial charge in [0.15, 0.2) is 0 Å². The number of hydrogen-bond donors (Lipinski definition) is 2. The second kappa shape index (κ2) is 8.96. The zero-order chi connectivity index (χ0) is 25.1. The van der Waals surface area contributed by atoms with E-state index >= 15 is 0 Å². The van der Waals surface area contributed by atoms with Gasteiger partial charge in [-0.15, -0.1) is 0 Å². The lowest BCUT2D eigenvalue weighted by Gasteiger charge is -2.10. The van der Waals surface area contributed by atoms with Crippen LogP contribution in [0.3, 0.4) is 0 Å². The summed E-state index contributed by atoms with van der Waals surface area (Å²) in [6, 6.07) is 27.8. The van der Waals surface area contributed by atoms with Crippen LogP contribution >= 0.6 is 0 Å². The molecule has 2 fully saturated rings. The van der Waals surface area contributed by atoms with E-state index in [1.54, 1.807) is 5.57 Å². The van der Waals surface area contributed by atoms with Gasteiger partial charge in [0, 0.05) is 0 Å². The topological polar surface area (TPSA) is 40.7 Å². The third kappa shape index (κ3) is 3.88. The molecule has 1 saturated heterocycles. The fourth-order valence-corrected chi connectivity index (χ4v) is 7.01. The molecule has 5 aromatic rings. The number of nitrogens with zero attached hydrogens (tertiary/aromatic N) is 1. The van der Waals surface area contributed by atoms with Crippen LogP contribution in [0.15, 0.2) is 78.4 Å². The Morgan fingerprint density at radius 3 is 2.16 bits per heavy atom. The largest absolute Gasteiger partial charge is 0.341 e. The molecule has 4 aromatic carbocycles. The van der Waals surface area contributed by atoms with Gasteiger partial charge in [0.25, 0.3) is 0 Å². The van der Waals surface area contributed by atoms with E-state index in [4.69, 9.17) is 4.98 Å². The Bertz CT molecular complexity index is 1710. The highest BCUT2D eigenvalue weighted by Crippen LogP contribution is 2.39. The Balaban J connectivity index is 1.06. The third-order valence-electron chi connectivity index (χ3n) is 9.16. The molecule has 3 aliphatic rings. The maximum atomic E-state index is 4.84. The molecule has 3 nitrogen and oxygen atoms in total. The number of nitrogens with one attached hydrogen (secondary N) is 2. The number of aromatic amines is 1. The third-order valence-corrected chi connectivity index (χ3v) is 9.16. The van der Waals surface area contributed by atoms with Crippen LogP contribution in [0.25, 0.3) is 50.1 Å². The SMILES string of the molecule is C1=C(C2CCCC2)Cc2cc(-c3ccc4cc(-c5ccc6nc([C@@H]7CCCN7)[nH]c6c5)ccc4c3)ccc21. The van der Waals surface area contributed by atoms with Crippen molar-refractivity contribution >= 4 is 27.9 Å². The van der Waals surface area contributed by atoms with Gasteiger partial charge < -0.3 is 10.3 Å². The fraction of sp³-hybridized carbons (Fsp3) is 0.286. The maximum absolute atomic E-state index is 4.84. The first kappa shape index (κ1) is 22.3. The lowest BCUT2D eigenvalue weighted by Crippen LogP contribution is -2.13. The zero-order valence-corrected chi connectivity index (χ0v) is 21.8. The highest BCUT2D eigenvalue weighted by atomic mass is 15.0. The lowest BCUT2D eigenvalue weighted by atomic mass is 9.94. The minimum atomic E-state index is 0.358. The van der Waals surface area contributed by atoms with E-state index in [2.05, 4.69) is 89.2 Å². The molecular weight excluding hydrogens is 462 g/mol. The Kier molecular flexibility index (Phi) is 5.26. The Morgan fingerprint density at radius 1 is 0.684 bits per heavy atom. The van der Waals surface area contributed by atoms with E-state index in [-0.39, 0.29) is 0 Å². The standard InChI is InChI=1S/C35H33N3/c1-2-5-22(4-1)30-19-28-12-11-27(18-31(28)20-30)25-8-7-24-17-26(10-9-23(24)16-25)29-13-14-32-34(21-29)38-35(37-32)33-6-3-15-36-33/h7-14,16-19,21-22,33,36H,1-6,15,20H2,(H,37,38)/t33-/m0/s1. The molecule has 2 aliphatic carbocycles. The summed E-state index contributed by atoms with van der Waals surface area (Å²) in [6.07, 6.45) is 11.6. The van der Waals surface area contributed by atoms with Gasteiger partial charge in [-0.2, -0.15) is 0 Å². The normalized spacial score (nSPS) is 19.5. The smallest absolute Gasteiger partial charge is 0.124 e. The summed E-state index contributed by atoms with van der Waals surface area (Å²) in [5.41, 5.74) is 11.9. The van der Waals surface area contributed by atoms with Gasteiger partial charge in [0.05, 0.1) is 17.1 Å². The predicted octanol–water partition coefficient (Wildman–Crippen LogP) is 8.60. The molecule has 3 heteroatoms.